The Morgan fingerprint density at radius 3 is 2.58 bits per heavy atom. The third kappa shape index (κ3) is 4.19. The second kappa shape index (κ2) is 9.31. The molecule has 4 rings (SSSR count). The number of Topliss-reactive ketones (excluding diaryl/α,β-unsaturated/α-hetero) is 1. The maximum atomic E-state index is 13.8. The Morgan fingerprint density at radius 1 is 1.25 bits per heavy atom. The number of ketones is 1. The summed E-state index contributed by atoms with van der Waals surface area (Å²) in [5.41, 5.74) is 0.00730. The fraction of sp³-hybridized carbons (Fsp3) is 0.333. The molecule has 1 N–H and O–H groups in total. The zero-order chi connectivity index (χ0) is 26.4. The highest BCUT2D eigenvalue weighted by molar-refractivity contribution is 7.94. The fourth-order valence-corrected chi connectivity index (χ4v) is 5.84. The SMILES string of the molecule is CNC(=O)N1C(=O)N(c2cccc(C(F)F)c2)C2=C(C(=O)CC2)C1C1=C(S(C)(=O)=O)CC(C#N)C=C1. The summed E-state index contributed by atoms with van der Waals surface area (Å²) >= 11 is 0. The maximum absolute atomic E-state index is 13.8. The molecule has 12 heteroatoms. The highest BCUT2D eigenvalue weighted by Crippen LogP contribution is 2.44. The molecule has 0 fully saturated rings. The molecule has 0 aromatic heterocycles. The Bertz CT molecular complexity index is 1410. The van der Waals surface area contributed by atoms with E-state index < -0.39 is 46.1 Å². The van der Waals surface area contributed by atoms with E-state index >= 15 is 0 Å². The van der Waals surface area contributed by atoms with Crippen LogP contribution in [0.5, 0.6) is 0 Å². The largest absolute Gasteiger partial charge is 0.341 e. The van der Waals surface area contributed by atoms with Crippen LogP contribution in [0.1, 0.15) is 31.3 Å². The predicted molar refractivity (Wildman–Crippen MR) is 125 cm³/mol. The Morgan fingerprint density at radius 2 is 1.97 bits per heavy atom. The third-order valence-electron chi connectivity index (χ3n) is 6.36. The lowest BCUT2D eigenvalue weighted by Gasteiger charge is -2.42. The molecule has 188 valence electrons. The van der Waals surface area contributed by atoms with E-state index in [1.54, 1.807) is 0 Å². The first kappa shape index (κ1) is 25.2. The minimum absolute atomic E-state index is 0.00685. The Hall–Kier alpha value is -3.85. The monoisotopic (exact) mass is 516 g/mol. The van der Waals surface area contributed by atoms with Gasteiger partial charge in [-0.25, -0.2) is 31.7 Å². The van der Waals surface area contributed by atoms with Crippen LogP contribution < -0.4 is 10.2 Å². The second-order valence-electron chi connectivity index (χ2n) is 8.57. The van der Waals surface area contributed by atoms with Crippen molar-refractivity contribution >= 4 is 33.4 Å². The number of hydrogen-bond donors (Lipinski definition) is 1. The van der Waals surface area contributed by atoms with Gasteiger partial charge < -0.3 is 5.32 Å². The normalized spacial score (nSPS) is 22.3. The number of imide groups is 1. The standard InChI is InChI=1S/C24H22F2N4O5S/c1-28-23(32)30-21(16-7-6-13(12-27)10-19(16)36(2,34)35)20-17(8-9-18(20)31)29(24(30)33)15-5-3-4-14(11-15)22(25)26/h3-7,11,13,21-22H,8-10H2,1-2H3,(H,28,32). The van der Waals surface area contributed by atoms with E-state index in [2.05, 4.69) is 5.32 Å². The van der Waals surface area contributed by atoms with Gasteiger partial charge in [0.05, 0.1) is 28.6 Å². The minimum atomic E-state index is -3.89. The Kier molecular flexibility index (Phi) is 6.53. The molecule has 0 radical (unpaired) electrons. The topological polar surface area (TPSA) is 128 Å². The molecule has 1 aliphatic heterocycles. The van der Waals surface area contributed by atoms with E-state index in [1.165, 1.54) is 37.4 Å². The molecule has 9 nitrogen and oxygen atoms in total. The fourth-order valence-electron chi connectivity index (χ4n) is 4.75. The summed E-state index contributed by atoms with van der Waals surface area (Å²) in [5, 5.41) is 11.7. The number of amides is 4. The molecule has 0 spiro atoms. The molecule has 36 heavy (non-hydrogen) atoms. The number of urea groups is 2. The average molecular weight is 517 g/mol. The van der Waals surface area contributed by atoms with Crippen molar-refractivity contribution in [2.24, 2.45) is 5.92 Å². The molecule has 3 aliphatic rings. The van der Waals surface area contributed by atoms with Gasteiger partial charge in [0.25, 0.3) is 6.43 Å². The molecule has 2 unspecified atom stereocenters. The third-order valence-corrected chi connectivity index (χ3v) is 7.65. The zero-order valence-electron chi connectivity index (χ0n) is 19.4. The zero-order valence-corrected chi connectivity index (χ0v) is 20.2. The van der Waals surface area contributed by atoms with Crippen molar-refractivity contribution < 1.29 is 31.6 Å². The number of nitrogens with one attached hydrogen (secondary N) is 1. The maximum Gasteiger partial charge on any atom is 0.337 e. The number of carbonyl (C=O) groups excluding carboxylic acids is 3. The summed E-state index contributed by atoms with van der Waals surface area (Å²) in [6.07, 6.45) is 0.896. The number of alkyl halides is 2. The van der Waals surface area contributed by atoms with E-state index in [4.69, 9.17) is 0 Å². The van der Waals surface area contributed by atoms with Gasteiger partial charge in [-0.15, -0.1) is 0 Å². The second-order valence-corrected chi connectivity index (χ2v) is 10.6. The van der Waals surface area contributed by atoms with Crippen LogP contribution in [0.3, 0.4) is 0 Å². The molecule has 2 atom stereocenters. The molecule has 0 saturated heterocycles. The number of carbonyl (C=O) groups is 3. The summed E-state index contributed by atoms with van der Waals surface area (Å²) in [5.74, 6) is -1.14. The smallest absolute Gasteiger partial charge is 0.337 e. The number of hydrogen-bond acceptors (Lipinski definition) is 6. The first-order valence-electron chi connectivity index (χ1n) is 11.0. The van der Waals surface area contributed by atoms with Crippen LogP contribution >= 0.6 is 0 Å². The number of nitriles is 1. The molecule has 0 saturated carbocycles. The van der Waals surface area contributed by atoms with Gasteiger partial charge >= 0.3 is 12.1 Å². The van der Waals surface area contributed by atoms with Gasteiger partial charge in [0.2, 0.25) is 0 Å². The minimum Gasteiger partial charge on any atom is -0.341 e. The molecule has 0 bridgehead atoms. The average Bonchev–Trinajstić information content (AvgIpc) is 3.22. The molecular weight excluding hydrogens is 494 g/mol. The molecular formula is C24H22F2N4O5S. The number of rotatable bonds is 4. The van der Waals surface area contributed by atoms with Gasteiger partial charge in [-0.1, -0.05) is 24.3 Å². The summed E-state index contributed by atoms with van der Waals surface area (Å²) in [7, 11) is -2.62. The van der Waals surface area contributed by atoms with Gasteiger partial charge in [-0.3, -0.25) is 9.69 Å². The number of halogens is 2. The molecule has 1 heterocycles. The summed E-state index contributed by atoms with van der Waals surface area (Å²) in [6, 6.07) is 3.85. The van der Waals surface area contributed by atoms with Crippen molar-refractivity contribution in [2.75, 3.05) is 18.2 Å². The van der Waals surface area contributed by atoms with Gasteiger partial charge in [0.1, 0.15) is 0 Å². The lowest BCUT2D eigenvalue weighted by Crippen LogP contribution is -2.59. The summed E-state index contributed by atoms with van der Waals surface area (Å²) < 4.78 is 52.2. The first-order chi connectivity index (χ1) is 17.0. The molecule has 4 amide bonds. The van der Waals surface area contributed by atoms with Crippen molar-refractivity contribution in [1.29, 1.82) is 5.26 Å². The van der Waals surface area contributed by atoms with Crippen LogP contribution in [0, 0.1) is 17.2 Å². The van der Waals surface area contributed by atoms with Crippen molar-refractivity contribution in [3.8, 4) is 6.07 Å². The lowest BCUT2D eigenvalue weighted by atomic mass is 9.87. The van der Waals surface area contributed by atoms with Crippen molar-refractivity contribution in [1.82, 2.24) is 10.2 Å². The van der Waals surface area contributed by atoms with Crippen LogP contribution in [0.4, 0.5) is 24.1 Å². The van der Waals surface area contributed by atoms with Crippen LogP contribution in [-0.2, 0) is 14.6 Å². The quantitative estimate of drug-likeness (QED) is 0.652. The summed E-state index contributed by atoms with van der Waals surface area (Å²) in [4.78, 5) is 41.6. The number of allylic oxidation sites excluding steroid dienone is 3. The number of benzene rings is 1. The van der Waals surface area contributed by atoms with E-state index in [9.17, 15) is 36.8 Å². The van der Waals surface area contributed by atoms with Crippen molar-refractivity contribution in [2.45, 2.75) is 31.7 Å². The Labute approximate surface area is 206 Å². The van der Waals surface area contributed by atoms with Crippen LogP contribution in [-0.4, -0.2) is 50.5 Å². The van der Waals surface area contributed by atoms with E-state index in [0.29, 0.717) is 0 Å². The lowest BCUT2D eigenvalue weighted by molar-refractivity contribution is -0.115. The van der Waals surface area contributed by atoms with Crippen LogP contribution in [0.15, 0.2) is 58.2 Å². The first-order valence-corrected chi connectivity index (χ1v) is 12.9. The highest BCUT2D eigenvalue weighted by Gasteiger charge is 2.50. The number of sulfone groups is 1. The predicted octanol–water partition coefficient (Wildman–Crippen LogP) is 3.59. The van der Waals surface area contributed by atoms with Gasteiger partial charge in [-0.05, 0) is 24.1 Å². The van der Waals surface area contributed by atoms with Crippen molar-refractivity contribution in [3.63, 3.8) is 0 Å². The van der Waals surface area contributed by atoms with Gasteiger partial charge in [-0.2, -0.15) is 5.26 Å². The van der Waals surface area contributed by atoms with Crippen molar-refractivity contribution in [3.05, 3.63) is 63.7 Å². The number of anilines is 1. The van der Waals surface area contributed by atoms with E-state index in [0.717, 1.165) is 22.1 Å². The molecule has 2 aliphatic carbocycles. The molecule has 1 aromatic carbocycles. The summed E-state index contributed by atoms with van der Waals surface area (Å²) in [6.45, 7) is 0. The van der Waals surface area contributed by atoms with Crippen LogP contribution in [0.2, 0.25) is 0 Å². The van der Waals surface area contributed by atoms with E-state index in [-0.39, 0.29) is 52.3 Å². The Balaban J connectivity index is 2.00. The van der Waals surface area contributed by atoms with Gasteiger partial charge in [0.15, 0.2) is 15.6 Å². The van der Waals surface area contributed by atoms with E-state index in [1.807, 2.05) is 6.07 Å². The van der Waals surface area contributed by atoms with Gasteiger partial charge in [0, 0.05) is 43.0 Å². The molecule has 1 aromatic rings. The van der Waals surface area contributed by atoms with Crippen LogP contribution in [0.25, 0.3) is 0 Å². The number of nitrogens with zero attached hydrogens (tertiary/aromatic N) is 3. The highest BCUT2D eigenvalue weighted by atomic mass is 32.2.